The van der Waals surface area contributed by atoms with Crippen molar-refractivity contribution < 1.29 is 0 Å². The van der Waals surface area contributed by atoms with Gasteiger partial charge in [-0.3, -0.25) is 0 Å². The maximum Gasteiger partial charge on any atom is 0.0402 e. The van der Waals surface area contributed by atoms with Crippen LogP contribution in [0, 0.1) is 0 Å². The number of nitrogens with zero attached hydrogens (tertiary/aromatic N) is 1. The van der Waals surface area contributed by atoms with Gasteiger partial charge in [-0.15, -0.1) is 0 Å². The van der Waals surface area contributed by atoms with Gasteiger partial charge in [0.05, 0.1) is 0 Å². The van der Waals surface area contributed by atoms with E-state index in [0.29, 0.717) is 6.04 Å². The third-order valence-corrected chi connectivity index (χ3v) is 3.81. The van der Waals surface area contributed by atoms with Gasteiger partial charge in [-0.1, -0.05) is 22.9 Å². The summed E-state index contributed by atoms with van der Waals surface area (Å²) in [6, 6.07) is 7.26. The van der Waals surface area contributed by atoms with Crippen LogP contribution in [0.15, 0.2) is 22.7 Å². The molecule has 1 rings (SSSR count). The smallest absolute Gasteiger partial charge is 0.0402 e. The normalized spacial score (nSPS) is 12.8. The number of benzene rings is 1. The molecule has 18 heavy (non-hydrogen) atoms. The predicted molar refractivity (Wildman–Crippen MR) is 84.3 cm³/mol. The van der Waals surface area contributed by atoms with E-state index >= 15 is 0 Å². The molecule has 1 unspecified atom stereocenters. The van der Waals surface area contributed by atoms with Crippen LogP contribution in [-0.2, 0) is 6.42 Å². The summed E-state index contributed by atoms with van der Waals surface area (Å²) in [6.45, 7) is 9.83. The molecule has 0 aliphatic carbocycles. The van der Waals surface area contributed by atoms with E-state index in [1.807, 2.05) is 0 Å². The first-order chi connectivity index (χ1) is 8.49. The van der Waals surface area contributed by atoms with Gasteiger partial charge in [-0.2, -0.15) is 0 Å². The standard InChI is InChI=1S/C15H25BrN2/c1-5-14(17)10-12-9-13(16)7-8-15(12)18(6-2)11(3)4/h7-9,11,14H,5-6,10,17H2,1-4H3. The minimum atomic E-state index is 0.240. The fraction of sp³-hybridized carbons (Fsp3) is 0.600. The van der Waals surface area contributed by atoms with E-state index in [-0.39, 0.29) is 6.04 Å². The highest BCUT2D eigenvalue weighted by molar-refractivity contribution is 9.10. The molecule has 1 aromatic rings. The Bertz CT molecular complexity index is 377. The second-order valence-corrected chi connectivity index (χ2v) is 5.94. The van der Waals surface area contributed by atoms with Gasteiger partial charge in [0, 0.05) is 28.8 Å². The number of halogens is 1. The van der Waals surface area contributed by atoms with Crippen LogP contribution in [0.3, 0.4) is 0 Å². The van der Waals surface area contributed by atoms with Gasteiger partial charge in [0.1, 0.15) is 0 Å². The Morgan fingerprint density at radius 3 is 2.44 bits per heavy atom. The summed E-state index contributed by atoms with van der Waals surface area (Å²) in [6.07, 6.45) is 1.95. The van der Waals surface area contributed by atoms with E-state index in [2.05, 4.69) is 66.7 Å². The van der Waals surface area contributed by atoms with Gasteiger partial charge in [0.25, 0.3) is 0 Å². The van der Waals surface area contributed by atoms with Crippen LogP contribution in [0.2, 0.25) is 0 Å². The van der Waals surface area contributed by atoms with Crippen LogP contribution >= 0.6 is 15.9 Å². The molecule has 0 aromatic heterocycles. The zero-order valence-electron chi connectivity index (χ0n) is 11.9. The van der Waals surface area contributed by atoms with E-state index in [9.17, 15) is 0 Å². The largest absolute Gasteiger partial charge is 0.369 e. The zero-order valence-corrected chi connectivity index (χ0v) is 13.5. The molecule has 0 spiro atoms. The van der Waals surface area contributed by atoms with E-state index in [0.717, 1.165) is 23.9 Å². The predicted octanol–water partition coefficient (Wildman–Crippen LogP) is 3.96. The van der Waals surface area contributed by atoms with Crippen molar-refractivity contribution in [2.24, 2.45) is 5.73 Å². The van der Waals surface area contributed by atoms with Gasteiger partial charge in [0.15, 0.2) is 0 Å². The molecule has 2 N–H and O–H groups in total. The van der Waals surface area contributed by atoms with Crippen molar-refractivity contribution >= 4 is 21.6 Å². The number of nitrogens with two attached hydrogens (primary N) is 1. The summed E-state index contributed by atoms with van der Waals surface area (Å²) in [5.41, 5.74) is 8.77. The SMILES string of the molecule is CCC(N)Cc1cc(Br)ccc1N(CC)C(C)C. The number of hydrogen-bond acceptors (Lipinski definition) is 2. The van der Waals surface area contributed by atoms with Gasteiger partial charge >= 0.3 is 0 Å². The molecule has 0 saturated heterocycles. The maximum absolute atomic E-state index is 6.11. The molecule has 102 valence electrons. The first-order valence-electron chi connectivity index (χ1n) is 6.80. The minimum absolute atomic E-state index is 0.240. The quantitative estimate of drug-likeness (QED) is 0.861. The molecular formula is C15H25BrN2. The Morgan fingerprint density at radius 1 is 1.28 bits per heavy atom. The molecule has 0 aliphatic rings. The molecule has 1 aromatic carbocycles. The van der Waals surface area contributed by atoms with Crippen LogP contribution in [0.4, 0.5) is 5.69 Å². The fourth-order valence-electron chi connectivity index (χ4n) is 2.24. The van der Waals surface area contributed by atoms with Crippen LogP contribution in [0.1, 0.15) is 39.7 Å². The summed E-state index contributed by atoms with van der Waals surface area (Å²) in [4.78, 5) is 2.42. The van der Waals surface area contributed by atoms with Crippen molar-refractivity contribution in [3.05, 3.63) is 28.2 Å². The number of hydrogen-bond donors (Lipinski definition) is 1. The molecule has 0 radical (unpaired) electrons. The first-order valence-corrected chi connectivity index (χ1v) is 7.59. The average Bonchev–Trinajstić information content (AvgIpc) is 2.32. The van der Waals surface area contributed by atoms with Crippen LogP contribution < -0.4 is 10.6 Å². The molecule has 0 amide bonds. The Balaban J connectivity index is 3.09. The van der Waals surface area contributed by atoms with E-state index in [1.54, 1.807) is 0 Å². The van der Waals surface area contributed by atoms with Gasteiger partial charge in [-0.25, -0.2) is 0 Å². The fourth-order valence-corrected chi connectivity index (χ4v) is 2.65. The van der Waals surface area contributed by atoms with Crippen molar-refractivity contribution in [1.29, 1.82) is 0 Å². The molecule has 0 bridgehead atoms. The molecule has 0 aliphatic heterocycles. The zero-order chi connectivity index (χ0) is 13.7. The number of rotatable bonds is 6. The Morgan fingerprint density at radius 2 is 1.94 bits per heavy atom. The lowest BCUT2D eigenvalue weighted by Crippen LogP contribution is -2.32. The molecule has 0 saturated carbocycles. The minimum Gasteiger partial charge on any atom is -0.369 e. The second kappa shape index (κ2) is 7.15. The summed E-state index contributed by atoms with van der Waals surface area (Å²) < 4.78 is 1.13. The van der Waals surface area contributed by atoms with Gasteiger partial charge in [0.2, 0.25) is 0 Å². The summed E-state index contributed by atoms with van der Waals surface area (Å²) in [5.74, 6) is 0. The Hall–Kier alpha value is -0.540. The average molecular weight is 313 g/mol. The van der Waals surface area contributed by atoms with E-state index < -0.39 is 0 Å². The van der Waals surface area contributed by atoms with Crippen molar-refractivity contribution in [2.75, 3.05) is 11.4 Å². The second-order valence-electron chi connectivity index (χ2n) is 5.03. The topological polar surface area (TPSA) is 29.3 Å². The highest BCUT2D eigenvalue weighted by atomic mass is 79.9. The molecule has 0 fully saturated rings. The van der Waals surface area contributed by atoms with Gasteiger partial charge in [-0.05, 0) is 57.4 Å². The summed E-state index contributed by atoms with van der Waals surface area (Å²) in [5, 5.41) is 0. The Labute approximate surface area is 120 Å². The molecule has 0 heterocycles. The third kappa shape index (κ3) is 3.99. The van der Waals surface area contributed by atoms with Crippen molar-refractivity contribution in [3.8, 4) is 0 Å². The molecule has 2 nitrogen and oxygen atoms in total. The van der Waals surface area contributed by atoms with E-state index in [1.165, 1.54) is 11.3 Å². The van der Waals surface area contributed by atoms with Crippen molar-refractivity contribution in [1.82, 2.24) is 0 Å². The lowest BCUT2D eigenvalue weighted by atomic mass is 10.0. The molecule has 3 heteroatoms. The van der Waals surface area contributed by atoms with Crippen LogP contribution in [0.25, 0.3) is 0 Å². The van der Waals surface area contributed by atoms with Crippen LogP contribution in [0.5, 0.6) is 0 Å². The summed E-state index contributed by atoms with van der Waals surface area (Å²) >= 11 is 3.56. The lowest BCUT2D eigenvalue weighted by molar-refractivity contribution is 0.638. The monoisotopic (exact) mass is 312 g/mol. The highest BCUT2D eigenvalue weighted by Gasteiger charge is 2.14. The van der Waals surface area contributed by atoms with E-state index in [4.69, 9.17) is 5.73 Å². The van der Waals surface area contributed by atoms with Crippen LogP contribution in [-0.4, -0.2) is 18.6 Å². The number of anilines is 1. The molecule has 1 atom stereocenters. The first kappa shape index (κ1) is 15.5. The highest BCUT2D eigenvalue weighted by Crippen LogP contribution is 2.27. The summed E-state index contributed by atoms with van der Waals surface area (Å²) in [7, 11) is 0. The maximum atomic E-state index is 6.11. The Kier molecular flexibility index (Phi) is 6.16. The van der Waals surface area contributed by atoms with Gasteiger partial charge < -0.3 is 10.6 Å². The lowest BCUT2D eigenvalue weighted by Gasteiger charge is -2.30. The van der Waals surface area contributed by atoms with Crippen molar-refractivity contribution in [2.45, 2.75) is 52.6 Å². The molecular weight excluding hydrogens is 288 g/mol. The van der Waals surface area contributed by atoms with Crippen molar-refractivity contribution in [3.63, 3.8) is 0 Å². The third-order valence-electron chi connectivity index (χ3n) is 3.32.